The first-order valence-corrected chi connectivity index (χ1v) is 13.7. The second kappa shape index (κ2) is 11.2. The summed E-state index contributed by atoms with van der Waals surface area (Å²) in [7, 11) is 0. The van der Waals surface area contributed by atoms with Gasteiger partial charge in [-0.2, -0.15) is 0 Å². The summed E-state index contributed by atoms with van der Waals surface area (Å²) in [6.45, 7) is 3.74. The van der Waals surface area contributed by atoms with E-state index < -0.39 is 5.60 Å². The van der Waals surface area contributed by atoms with Gasteiger partial charge in [0.05, 0.1) is 21.6 Å². The number of anilines is 1. The summed E-state index contributed by atoms with van der Waals surface area (Å²) in [5.41, 5.74) is 0.756. The zero-order valence-corrected chi connectivity index (χ0v) is 22.3. The number of pyridine rings is 1. The molecule has 3 aliphatic rings. The Kier molecular flexibility index (Phi) is 7.91. The van der Waals surface area contributed by atoms with Crippen molar-refractivity contribution in [1.29, 1.82) is 0 Å². The summed E-state index contributed by atoms with van der Waals surface area (Å²) in [4.78, 5) is 36.0. The van der Waals surface area contributed by atoms with Crippen LogP contribution in [0.4, 0.5) is 10.5 Å². The van der Waals surface area contributed by atoms with Crippen LogP contribution in [0, 0.1) is 5.92 Å². The maximum absolute atomic E-state index is 13.3. The molecule has 1 unspecified atom stereocenters. The van der Waals surface area contributed by atoms with Crippen LogP contribution < -0.4 is 5.32 Å². The lowest BCUT2D eigenvalue weighted by atomic mass is 9.77. The van der Waals surface area contributed by atoms with E-state index in [1.54, 1.807) is 35.5 Å². The molecule has 2 aromatic rings. The van der Waals surface area contributed by atoms with Crippen molar-refractivity contribution in [3.63, 3.8) is 0 Å². The Labute approximate surface area is 227 Å². The molecule has 3 heterocycles. The van der Waals surface area contributed by atoms with E-state index in [0.717, 1.165) is 50.8 Å². The minimum Gasteiger partial charge on any atom is -0.385 e. The minimum absolute atomic E-state index is 0.00223. The van der Waals surface area contributed by atoms with E-state index in [-0.39, 0.29) is 17.9 Å². The Balaban J connectivity index is 1.07. The van der Waals surface area contributed by atoms with E-state index in [1.165, 1.54) is 0 Å². The van der Waals surface area contributed by atoms with Gasteiger partial charge in [0, 0.05) is 56.8 Å². The number of aromatic nitrogens is 1. The highest BCUT2D eigenvalue weighted by molar-refractivity contribution is 6.42. The highest BCUT2D eigenvalue weighted by atomic mass is 35.5. The fourth-order valence-corrected chi connectivity index (χ4v) is 6.18. The molecule has 1 aliphatic carbocycles. The number of nitrogens with one attached hydrogen (secondary N) is 1. The first kappa shape index (κ1) is 26.2. The summed E-state index contributed by atoms with van der Waals surface area (Å²) < 4.78 is 0. The smallest absolute Gasteiger partial charge is 0.321 e. The third-order valence-electron chi connectivity index (χ3n) is 8.13. The standard InChI is InChI=1S/C27H33Cl2N5O3/c28-23-2-1-21(17-24(23)29)31-26(36)33-15-13-32(14-16-33)25(35)19-7-12-34(18-19)22-3-8-27(37,9-4-22)20-5-10-30-11-6-20/h1-2,5-6,10-11,17,19,22,37H,3-4,7-9,12-16,18H2,(H,31,36)/t19?,22-,27+. The minimum atomic E-state index is -0.778. The van der Waals surface area contributed by atoms with Crippen LogP contribution in [0.1, 0.15) is 37.7 Å². The molecule has 2 N–H and O–H groups in total. The average Bonchev–Trinajstić information content (AvgIpc) is 3.42. The zero-order valence-electron chi connectivity index (χ0n) is 20.8. The van der Waals surface area contributed by atoms with Crippen LogP contribution in [-0.2, 0) is 10.4 Å². The lowest BCUT2D eigenvalue weighted by molar-refractivity contribution is -0.136. The van der Waals surface area contributed by atoms with Crippen molar-refractivity contribution in [2.75, 3.05) is 44.6 Å². The van der Waals surface area contributed by atoms with E-state index >= 15 is 0 Å². The lowest BCUT2D eigenvalue weighted by Gasteiger charge is -2.40. The van der Waals surface area contributed by atoms with Crippen molar-refractivity contribution in [1.82, 2.24) is 19.7 Å². The number of aliphatic hydroxyl groups is 1. The summed E-state index contributed by atoms with van der Waals surface area (Å²) in [5.74, 6) is 0.189. The molecule has 8 nitrogen and oxygen atoms in total. The molecule has 198 valence electrons. The molecule has 1 aromatic heterocycles. The number of amides is 3. The number of likely N-dealkylation sites (tertiary alicyclic amines) is 1. The fourth-order valence-electron chi connectivity index (χ4n) is 5.88. The average molecular weight is 546 g/mol. The van der Waals surface area contributed by atoms with E-state index in [4.69, 9.17) is 23.2 Å². The maximum Gasteiger partial charge on any atom is 0.321 e. The van der Waals surface area contributed by atoms with Gasteiger partial charge in [0.25, 0.3) is 0 Å². The van der Waals surface area contributed by atoms with Gasteiger partial charge in [-0.1, -0.05) is 23.2 Å². The summed E-state index contributed by atoms with van der Waals surface area (Å²) in [6, 6.07) is 8.99. The SMILES string of the molecule is O=C(Nc1ccc(Cl)c(Cl)c1)N1CCN(C(=O)C2CCN([C@H]3CC[C@](O)(c4ccncc4)CC3)C2)CC1. The lowest BCUT2D eigenvalue weighted by Crippen LogP contribution is -2.53. The maximum atomic E-state index is 13.3. The second-order valence-corrected chi connectivity index (χ2v) is 11.2. The van der Waals surface area contributed by atoms with Crippen molar-refractivity contribution in [3.05, 3.63) is 58.3 Å². The molecule has 1 saturated carbocycles. The van der Waals surface area contributed by atoms with Gasteiger partial charge in [-0.3, -0.25) is 14.7 Å². The predicted octanol–water partition coefficient (Wildman–Crippen LogP) is 4.22. The van der Waals surface area contributed by atoms with Gasteiger partial charge in [-0.15, -0.1) is 0 Å². The molecule has 2 saturated heterocycles. The number of benzene rings is 1. The molecule has 1 atom stereocenters. The third-order valence-corrected chi connectivity index (χ3v) is 8.87. The van der Waals surface area contributed by atoms with Crippen LogP contribution in [-0.4, -0.2) is 82.0 Å². The number of piperazine rings is 1. The van der Waals surface area contributed by atoms with E-state index in [2.05, 4.69) is 15.2 Å². The normalized spacial score (nSPS) is 26.8. The van der Waals surface area contributed by atoms with Crippen molar-refractivity contribution in [3.8, 4) is 0 Å². The number of halogens is 2. The molecule has 0 radical (unpaired) electrons. The van der Waals surface area contributed by atoms with Gasteiger partial charge >= 0.3 is 6.03 Å². The Morgan fingerprint density at radius 3 is 2.27 bits per heavy atom. The van der Waals surface area contributed by atoms with Gasteiger partial charge in [-0.05, 0) is 74.5 Å². The first-order chi connectivity index (χ1) is 17.8. The first-order valence-electron chi connectivity index (χ1n) is 13.0. The van der Waals surface area contributed by atoms with Crippen LogP contribution in [0.3, 0.4) is 0 Å². The van der Waals surface area contributed by atoms with E-state index in [9.17, 15) is 14.7 Å². The second-order valence-electron chi connectivity index (χ2n) is 10.4. The van der Waals surface area contributed by atoms with Gasteiger partial charge in [0.1, 0.15) is 0 Å². The van der Waals surface area contributed by atoms with Crippen molar-refractivity contribution < 1.29 is 14.7 Å². The Morgan fingerprint density at radius 2 is 1.59 bits per heavy atom. The largest absolute Gasteiger partial charge is 0.385 e. The zero-order chi connectivity index (χ0) is 26.0. The highest BCUT2D eigenvalue weighted by Gasteiger charge is 2.40. The Hall–Kier alpha value is -2.39. The Bertz CT molecular complexity index is 1120. The number of hydrogen-bond donors (Lipinski definition) is 2. The monoisotopic (exact) mass is 545 g/mol. The number of nitrogens with zero attached hydrogens (tertiary/aromatic N) is 4. The molecular weight excluding hydrogens is 513 g/mol. The quantitative estimate of drug-likeness (QED) is 0.600. The van der Waals surface area contributed by atoms with E-state index in [0.29, 0.717) is 48.0 Å². The molecule has 3 amide bonds. The van der Waals surface area contributed by atoms with Crippen LogP contribution >= 0.6 is 23.2 Å². The van der Waals surface area contributed by atoms with E-state index in [1.807, 2.05) is 17.0 Å². The number of urea groups is 1. The van der Waals surface area contributed by atoms with Gasteiger partial charge < -0.3 is 20.2 Å². The predicted molar refractivity (Wildman–Crippen MR) is 144 cm³/mol. The number of carbonyl (C=O) groups is 2. The van der Waals surface area contributed by atoms with Crippen molar-refractivity contribution >= 4 is 40.8 Å². The number of carbonyl (C=O) groups excluding carboxylic acids is 2. The molecule has 37 heavy (non-hydrogen) atoms. The molecule has 5 rings (SSSR count). The third kappa shape index (κ3) is 5.87. The number of hydrogen-bond acceptors (Lipinski definition) is 5. The number of rotatable bonds is 4. The van der Waals surface area contributed by atoms with Gasteiger partial charge in [0.2, 0.25) is 5.91 Å². The molecule has 0 spiro atoms. The molecule has 0 bridgehead atoms. The van der Waals surface area contributed by atoms with Crippen molar-refractivity contribution in [2.45, 2.75) is 43.7 Å². The topological polar surface area (TPSA) is 89.0 Å². The molecule has 3 fully saturated rings. The summed E-state index contributed by atoms with van der Waals surface area (Å²) in [6.07, 6.45) is 7.63. The molecule has 10 heteroatoms. The van der Waals surface area contributed by atoms with Crippen LogP contribution in [0.15, 0.2) is 42.7 Å². The van der Waals surface area contributed by atoms with Crippen LogP contribution in [0.25, 0.3) is 0 Å². The summed E-state index contributed by atoms with van der Waals surface area (Å²) in [5, 5.41) is 14.8. The molecule has 2 aliphatic heterocycles. The molecule has 1 aromatic carbocycles. The van der Waals surface area contributed by atoms with Crippen molar-refractivity contribution in [2.24, 2.45) is 5.92 Å². The van der Waals surface area contributed by atoms with Crippen LogP contribution in [0.5, 0.6) is 0 Å². The van der Waals surface area contributed by atoms with Crippen LogP contribution in [0.2, 0.25) is 10.0 Å². The fraction of sp³-hybridized carbons (Fsp3) is 0.519. The highest BCUT2D eigenvalue weighted by Crippen LogP contribution is 2.39. The Morgan fingerprint density at radius 1 is 0.919 bits per heavy atom. The summed E-state index contributed by atoms with van der Waals surface area (Å²) >= 11 is 12.0. The van der Waals surface area contributed by atoms with Gasteiger partial charge in [-0.25, -0.2) is 4.79 Å². The molecular formula is C27H33Cl2N5O3. The van der Waals surface area contributed by atoms with Gasteiger partial charge in [0.15, 0.2) is 0 Å².